The normalized spacial score (nSPS) is 15.6. The lowest BCUT2D eigenvalue weighted by Gasteiger charge is -2.15. The van der Waals surface area contributed by atoms with Gasteiger partial charge in [-0.15, -0.1) is 0 Å². The molecule has 8 N–H and O–H groups in total. The van der Waals surface area contributed by atoms with E-state index in [4.69, 9.17) is 36.6 Å². The van der Waals surface area contributed by atoms with Gasteiger partial charge in [0.1, 0.15) is 28.4 Å². The number of rotatable bonds is 17. The number of anilines is 1. The lowest BCUT2D eigenvalue weighted by atomic mass is 10.1. The molecule has 7 rings (SSSR count). The summed E-state index contributed by atoms with van der Waals surface area (Å²) in [5, 5.41) is 12.3. The van der Waals surface area contributed by atoms with Crippen molar-refractivity contribution in [3.63, 3.8) is 0 Å². The summed E-state index contributed by atoms with van der Waals surface area (Å²) in [6.45, 7) is 7.94. The zero-order valence-electron chi connectivity index (χ0n) is 34.1. The number of aliphatic imine (C=N–C) groups is 1. The van der Waals surface area contributed by atoms with Crippen LogP contribution in [0.3, 0.4) is 0 Å². The molecule has 1 unspecified atom stereocenters. The fourth-order valence-corrected chi connectivity index (χ4v) is 7.68. The Labute approximate surface area is 340 Å². The van der Waals surface area contributed by atoms with Gasteiger partial charge in [-0.2, -0.15) is 5.10 Å². The minimum atomic E-state index is -0.630. The molecule has 17 nitrogen and oxygen atoms in total. The number of hydrogen-bond donors (Lipinski definition) is 5. The van der Waals surface area contributed by atoms with E-state index in [1.54, 1.807) is 43.0 Å². The van der Waals surface area contributed by atoms with E-state index in [-0.39, 0.29) is 29.1 Å². The molecule has 59 heavy (non-hydrogen) atoms. The number of imidazole rings is 1. The zero-order chi connectivity index (χ0) is 42.1. The summed E-state index contributed by atoms with van der Waals surface area (Å²) in [5.74, 6) is -0.194. The number of carbonyl (C=O) groups excluding carboxylic acids is 3. The maximum Gasteiger partial charge on any atom is 0.276 e. The number of aromatic nitrogens is 6. The smallest absolute Gasteiger partial charge is 0.276 e. The van der Waals surface area contributed by atoms with Crippen LogP contribution in [0.15, 0.2) is 59.2 Å². The van der Waals surface area contributed by atoms with Gasteiger partial charge in [-0.05, 0) is 108 Å². The molecular weight excluding hydrogens is 753 g/mol. The Bertz CT molecular complexity index is 2680. The molecule has 6 aromatic rings. The molecule has 0 aliphatic heterocycles. The van der Waals surface area contributed by atoms with Gasteiger partial charge in [0.25, 0.3) is 5.91 Å². The maximum absolute atomic E-state index is 13.7. The van der Waals surface area contributed by atoms with Gasteiger partial charge >= 0.3 is 0 Å². The summed E-state index contributed by atoms with van der Waals surface area (Å²) in [7, 11) is 5.32. The molecule has 4 aromatic heterocycles. The highest BCUT2D eigenvalue weighted by Crippen LogP contribution is 2.46. The quantitative estimate of drug-likeness (QED) is 0.0655. The van der Waals surface area contributed by atoms with Crippen molar-refractivity contribution >= 4 is 62.4 Å². The van der Waals surface area contributed by atoms with Crippen LogP contribution in [0, 0.1) is 18.8 Å². The molecule has 4 heterocycles. The van der Waals surface area contributed by atoms with E-state index in [1.807, 2.05) is 50.7 Å². The first-order valence-electron chi connectivity index (χ1n) is 19.5. The van der Waals surface area contributed by atoms with Crippen LogP contribution in [-0.4, -0.2) is 86.2 Å². The van der Waals surface area contributed by atoms with E-state index in [1.165, 1.54) is 6.08 Å². The van der Waals surface area contributed by atoms with Gasteiger partial charge in [-0.3, -0.25) is 29.4 Å². The first-order chi connectivity index (χ1) is 28.3. The van der Waals surface area contributed by atoms with Gasteiger partial charge in [-0.25, -0.2) is 9.97 Å². The Hall–Kier alpha value is -6.75. The highest BCUT2D eigenvalue weighted by atomic mass is 16.5. The van der Waals surface area contributed by atoms with Crippen molar-refractivity contribution in [1.29, 1.82) is 0 Å². The second-order valence-electron chi connectivity index (χ2n) is 14.9. The maximum atomic E-state index is 13.7. The van der Waals surface area contributed by atoms with Gasteiger partial charge in [0.05, 0.1) is 41.8 Å². The number of allylic oxidation sites excluding steroid dienone is 1. The average Bonchev–Trinajstić information content (AvgIpc) is 3.54. The van der Waals surface area contributed by atoms with Crippen molar-refractivity contribution in [2.75, 3.05) is 39.2 Å². The monoisotopic (exact) mass is 802 g/mol. The Balaban J connectivity index is 1.31. The largest absolute Gasteiger partial charge is 0.495 e. The molecule has 2 aromatic carbocycles. The minimum absolute atomic E-state index is 0.122. The Morgan fingerprint density at radius 1 is 0.949 bits per heavy atom. The van der Waals surface area contributed by atoms with Crippen molar-refractivity contribution in [1.82, 2.24) is 34.2 Å². The first-order valence-corrected chi connectivity index (χ1v) is 19.5. The second-order valence-corrected chi connectivity index (χ2v) is 14.9. The number of fused-ring (bicyclic) bond motifs is 4. The lowest BCUT2D eigenvalue weighted by molar-refractivity contribution is -0.110. The van der Waals surface area contributed by atoms with Crippen LogP contribution in [-0.2, 0) is 24.9 Å². The van der Waals surface area contributed by atoms with Gasteiger partial charge in [0.15, 0.2) is 0 Å². The third kappa shape index (κ3) is 8.18. The molecule has 0 radical (unpaired) electrons. The van der Waals surface area contributed by atoms with Crippen LogP contribution in [0.1, 0.15) is 53.1 Å². The average molecular weight is 803 g/mol. The summed E-state index contributed by atoms with van der Waals surface area (Å²) < 4.78 is 18.1. The fourth-order valence-electron chi connectivity index (χ4n) is 7.68. The number of methoxy groups -OCH3 is 1. The predicted molar refractivity (Wildman–Crippen MR) is 228 cm³/mol. The summed E-state index contributed by atoms with van der Waals surface area (Å²) in [6.07, 6.45) is 3.07. The number of benzene rings is 2. The van der Waals surface area contributed by atoms with Crippen molar-refractivity contribution in [3.05, 3.63) is 71.1 Å². The Morgan fingerprint density at radius 2 is 1.66 bits per heavy atom. The lowest BCUT2D eigenvalue weighted by Crippen LogP contribution is -2.25. The predicted octanol–water partition coefficient (Wildman–Crippen LogP) is 4.04. The van der Waals surface area contributed by atoms with E-state index in [0.29, 0.717) is 66.5 Å². The minimum Gasteiger partial charge on any atom is -0.495 e. The van der Waals surface area contributed by atoms with E-state index in [9.17, 15) is 14.4 Å². The Kier molecular flexibility index (Phi) is 11.4. The topological polar surface area (TPSA) is 238 Å². The molecule has 1 saturated carbocycles. The van der Waals surface area contributed by atoms with Crippen molar-refractivity contribution in [2.24, 2.45) is 41.1 Å². The van der Waals surface area contributed by atoms with Crippen LogP contribution in [0.4, 0.5) is 5.95 Å². The number of pyridine rings is 1. The molecular formula is C42H50N12O5. The van der Waals surface area contributed by atoms with Crippen LogP contribution in [0.25, 0.3) is 44.4 Å². The van der Waals surface area contributed by atoms with Gasteiger partial charge in [-0.1, -0.05) is 0 Å². The van der Waals surface area contributed by atoms with Crippen LogP contribution in [0.5, 0.6) is 11.5 Å². The molecule has 1 aliphatic carbocycles. The summed E-state index contributed by atoms with van der Waals surface area (Å²) >= 11 is 0. The standard InChI is InChI=1S/C42H50N12O5/c1-7-47-32(13-22(2)43)41(57)50-42-49-31-17-25(39(45)56)19-35(59-12-8-11-46-4)37(31)54(42)21-27-15-26(27)20-53-36-29(16-24(38(44)55)18-34(36)58-6)28-9-10-30(48-40(28)53)33-14-23(3)51-52(33)5/h9-10,13-14,16-19,26-27,46H,7-8,11-12,15,20-21,43H2,1-6H3,(H2,44,55)(H2,45,56)(H,49,50,57)/b22-13-,47-32?/t26-,27?/m0/s1. The fraction of sp³-hybridized carbons (Fsp3) is 0.357. The third-order valence-electron chi connectivity index (χ3n) is 10.5. The number of ether oxygens (including phenoxy) is 2. The van der Waals surface area contributed by atoms with Gasteiger partial charge in [0, 0.05) is 54.3 Å². The summed E-state index contributed by atoms with van der Waals surface area (Å²) in [6, 6.07) is 12.6. The van der Waals surface area contributed by atoms with E-state index < -0.39 is 17.7 Å². The molecule has 0 saturated heterocycles. The number of nitrogens with two attached hydrogens (primary N) is 3. The van der Waals surface area contributed by atoms with E-state index >= 15 is 0 Å². The number of amides is 3. The number of nitrogens with one attached hydrogen (secondary N) is 2. The van der Waals surface area contributed by atoms with Gasteiger partial charge in [0.2, 0.25) is 17.8 Å². The molecule has 17 heteroatoms. The molecule has 1 aliphatic rings. The molecule has 1 fully saturated rings. The molecule has 0 spiro atoms. The van der Waals surface area contributed by atoms with E-state index in [2.05, 4.69) is 25.3 Å². The van der Waals surface area contributed by atoms with Gasteiger partial charge < -0.3 is 41.1 Å². The van der Waals surface area contributed by atoms with E-state index in [0.717, 1.165) is 52.0 Å². The Morgan fingerprint density at radius 3 is 2.31 bits per heavy atom. The van der Waals surface area contributed by atoms with Crippen molar-refractivity contribution in [2.45, 2.75) is 46.7 Å². The highest BCUT2D eigenvalue weighted by Gasteiger charge is 2.40. The molecule has 308 valence electrons. The second kappa shape index (κ2) is 16.6. The van der Waals surface area contributed by atoms with Crippen molar-refractivity contribution in [3.8, 4) is 22.9 Å². The zero-order valence-corrected chi connectivity index (χ0v) is 34.1. The summed E-state index contributed by atoms with van der Waals surface area (Å²) in [4.78, 5) is 53.0. The van der Waals surface area contributed by atoms with Crippen molar-refractivity contribution < 1.29 is 23.9 Å². The van der Waals surface area contributed by atoms with Crippen LogP contribution < -0.4 is 37.3 Å². The molecule has 0 bridgehead atoms. The van der Waals surface area contributed by atoms with Crippen LogP contribution in [0.2, 0.25) is 0 Å². The highest BCUT2D eigenvalue weighted by molar-refractivity contribution is 6.47. The number of primary amides is 2. The number of carbonyl (C=O) groups is 3. The molecule has 3 amide bonds. The number of nitrogens with zero attached hydrogens (tertiary/aromatic N) is 7. The van der Waals surface area contributed by atoms with Crippen LogP contribution >= 0.6 is 0 Å². The summed E-state index contributed by atoms with van der Waals surface area (Å²) in [5.41, 5.74) is 23.7. The third-order valence-corrected chi connectivity index (χ3v) is 10.5. The number of hydrogen-bond acceptors (Lipinski definition) is 11. The number of aryl methyl sites for hydroxylation is 2. The first kappa shape index (κ1) is 40.4. The SMILES string of the molecule is CCN=C(/C=C(/C)N)C(=O)Nc1nc2cc(C(N)=O)cc(OCCCNC)c2n1CC1C[C@H]1Cn1c2nc(-c3cc(C)nn3C)ccc2c2cc(C(N)=O)cc(OC)c21. The molecule has 2 atom stereocenters.